The Bertz CT molecular complexity index is 470. The summed E-state index contributed by atoms with van der Waals surface area (Å²) in [7, 11) is 0. The van der Waals surface area contributed by atoms with Crippen molar-refractivity contribution in [1.82, 2.24) is 10.2 Å². The van der Waals surface area contributed by atoms with Gasteiger partial charge in [0.2, 0.25) is 5.91 Å². The van der Waals surface area contributed by atoms with Gasteiger partial charge in [-0.05, 0) is 37.3 Å². The topological polar surface area (TPSA) is 32.3 Å². The standard InChI is InChI=1S/C15H22N2OS/c1-10-4-3-5-12(10)9-17-14(18)8-16-15(17)13-7-6-11(2)19-13/h6-7,10,12,15-16H,3-5,8-9H2,1-2H3. The molecule has 1 aromatic rings. The summed E-state index contributed by atoms with van der Waals surface area (Å²) < 4.78 is 0. The van der Waals surface area contributed by atoms with Crippen molar-refractivity contribution in [2.75, 3.05) is 13.1 Å². The Hall–Kier alpha value is -0.870. The summed E-state index contributed by atoms with van der Waals surface area (Å²) in [6.07, 6.45) is 4.03. The minimum Gasteiger partial charge on any atom is -0.321 e. The summed E-state index contributed by atoms with van der Waals surface area (Å²) in [5.41, 5.74) is 0. The normalized spacial score (nSPS) is 31.4. The van der Waals surface area contributed by atoms with Gasteiger partial charge in [-0.1, -0.05) is 19.8 Å². The number of rotatable bonds is 3. The van der Waals surface area contributed by atoms with Crippen LogP contribution >= 0.6 is 11.3 Å². The van der Waals surface area contributed by atoms with Crippen LogP contribution in [0.5, 0.6) is 0 Å². The van der Waals surface area contributed by atoms with Crippen LogP contribution in [0.15, 0.2) is 12.1 Å². The molecule has 3 nitrogen and oxygen atoms in total. The van der Waals surface area contributed by atoms with Gasteiger partial charge in [0.1, 0.15) is 6.17 Å². The molecule has 1 saturated heterocycles. The van der Waals surface area contributed by atoms with Gasteiger partial charge in [0.25, 0.3) is 0 Å². The Morgan fingerprint density at radius 1 is 1.42 bits per heavy atom. The monoisotopic (exact) mass is 278 g/mol. The fraction of sp³-hybridized carbons (Fsp3) is 0.667. The summed E-state index contributed by atoms with van der Waals surface area (Å²) in [4.78, 5) is 16.8. The zero-order valence-corrected chi connectivity index (χ0v) is 12.5. The fourth-order valence-corrected chi connectivity index (χ4v) is 4.31. The zero-order chi connectivity index (χ0) is 13.4. The summed E-state index contributed by atoms with van der Waals surface area (Å²) in [6, 6.07) is 4.29. The van der Waals surface area contributed by atoms with Crippen LogP contribution in [-0.4, -0.2) is 23.9 Å². The minimum atomic E-state index is 0.110. The van der Waals surface area contributed by atoms with Crippen molar-refractivity contribution in [3.63, 3.8) is 0 Å². The van der Waals surface area contributed by atoms with Gasteiger partial charge in [-0.3, -0.25) is 10.1 Å². The number of aryl methyl sites for hydroxylation is 1. The molecule has 19 heavy (non-hydrogen) atoms. The molecule has 0 spiro atoms. The first kappa shape index (κ1) is 13.1. The van der Waals surface area contributed by atoms with E-state index in [2.05, 4.69) is 36.2 Å². The lowest BCUT2D eigenvalue weighted by atomic mass is 9.97. The van der Waals surface area contributed by atoms with Gasteiger partial charge < -0.3 is 4.90 Å². The number of hydrogen-bond acceptors (Lipinski definition) is 3. The maximum atomic E-state index is 12.1. The van der Waals surface area contributed by atoms with Crippen LogP contribution in [0.3, 0.4) is 0 Å². The van der Waals surface area contributed by atoms with Gasteiger partial charge in [0.15, 0.2) is 0 Å². The predicted molar refractivity (Wildman–Crippen MR) is 78.0 cm³/mol. The van der Waals surface area contributed by atoms with Crippen LogP contribution in [0.1, 0.15) is 42.1 Å². The number of nitrogens with zero attached hydrogens (tertiary/aromatic N) is 1. The third-order valence-electron chi connectivity index (χ3n) is 4.58. The Labute approximate surface area is 119 Å². The number of amides is 1. The van der Waals surface area contributed by atoms with E-state index in [1.54, 1.807) is 11.3 Å². The highest BCUT2D eigenvalue weighted by Crippen LogP contribution is 2.35. The SMILES string of the molecule is Cc1ccc(C2NCC(=O)N2CC2CCCC2C)s1. The number of carbonyl (C=O) groups excluding carboxylic acids is 1. The molecule has 2 heterocycles. The van der Waals surface area contributed by atoms with Crippen molar-refractivity contribution in [1.29, 1.82) is 0 Å². The van der Waals surface area contributed by atoms with Crippen LogP contribution < -0.4 is 5.32 Å². The smallest absolute Gasteiger partial charge is 0.238 e. The van der Waals surface area contributed by atoms with Gasteiger partial charge in [-0.25, -0.2) is 0 Å². The van der Waals surface area contributed by atoms with Gasteiger partial charge >= 0.3 is 0 Å². The highest BCUT2D eigenvalue weighted by atomic mass is 32.1. The van der Waals surface area contributed by atoms with Crippen LogP contribution in [0.25, 0.3) is 0 Å². The van der Waals surface area contributed by atoms with Crippen LogP contribution in [0.2, 0.25) is 0 Å². The molecule has 3 unspecified atom stereocenters. The average Bonchev–Trinajstić information content (AvgIpc) is 3.05. The molecule has 1 aliphatic heterocycles. The van der Waals surface area contributed by atoms with Crippen molar-refractivity contribution in [2.24, 2.45) is 11.8 Å². The van der Waals surface area contributed by atoms with E-state index in [0.717, 1.165) is 12.5 Å². The molecule has 1 amide bonds. The molecule has 104 valence electrons. The molecule has 3 rings (SSSR count). The Kier molecular flexibility index (Phi) is 3.63. The summed E-state index contributed by atoms with van der Waals surface area (Å²) in [5.74, 6) is 1.71. The van der Waals surface area contributed by atoms with E-state index in [1.165, 1.54) is 29.0 Å². The van der Waals surface area contributed by atoms with E-state index < -0.39 is 0 Å². The second-order valence-corrected chi connectivity index (χ2v) is 7.27. The third kappa shape index (κ3) is 2.56. The Morgan fingerprint density at radius 3 is 2.89 bits per heavy atom. The van der Waals surface area contributed by atoms with Crippen molar-refractivity contribution < 1.29 is 4.79 Å². The second kappa shape index (κ2) is 5.25. The zero-order valence-electron chi connectivity index (χ0n) is 11.7. The summed E-state index contributed by atoms with van der Waals surface area (Å²) in [5, 5.41) is 3.36. The number of carbonyl (C=O) groups is 1. The van der Waals surface area contributed by atoms with E-state index in [-0.39, 0.29) is 12.1 Å². The fourth-order valence-electron chi connectivity index (χ4n) is 3.35. The third-order valence-corrected chi connectivity index (χ3v) is 5.63. The molecular formula is C15H22N2OS. The highest BCUT2D eigenvalue weighted by Gasteiger charge is 2.36. The predicted octanol–water partition coefficient (Wildman–Crippen LogP) is 2.92. The van der Waals surface area contributed by atoms with Gasteiger partial charge in [-0.2, -0.15) is 0 Å². The summed E-state index contributed by atoms with van der Waals surface area (Å²) in [6.45, 7) is 5.86. The lowest BCUT2D eigenvalue weighted by Crippen LogP contribution is -2.35. The first-order valence-corrected chi connectivity index (χ1v) is 8.06. The quantitative estimate of drug-likeness (QED) is 0.922. The van der Waals surface area contributed by atoms with Crippen LogP contribution in [-0.2, 0) is 4.79 Å². The Morgan fingerprint density at radius 2 is 2.26 bits per heavy atom. The first-order valence-electron chi connectivity index (χ1n) is 7.24. The lowest BCUT2D eigenvalue weighted by Gasteiger charge is -2.28. The van der Waals surface area contributed by atoms with E-state index in [4.69, 9.17) is 0 Å². The van der Waals surface area contributed by atoms with Crippen LogP contribution in [0, 0.1) is 18.8 Å². The molecule has 1 aliphatic carbocycles. The molecule has 1 N–H and O–H groups in total. The van der Waals surface area contributed by atoms with Crippen molar-refractivity contribution in [2.45, 2.75) is 39.3 Å². The van der Waals surface area contributed by atoms with Crippen molar-refractivity contribution in [3.05, 3.63) is 21.9 Å². The van der Waals surface area contributed by atoms with E-state index in [9.17, 15) is 4.79 Å². The molecule has 4 heteroatoms. The molecule has 2 fully saturated rings. The number of hydrogen-bond donors (Lipinski definition) is 1. The molecule has 2 aliphatic rings. The molecule has 0 bridgehead atoms. The highest BCUT2D eigenvalue weighted by molar-refractivity contribution is 7.12. The van der Waals surface area contributed by atoms with Crippen molar-refractivity contribution >= 4 is 17.2 Å². The van der Waals surface area contributed by atoms with Gasteiger partial charge in [0, 0.05) is 16.3 Å². The van der Waals surface area contributed by atoms with Crippen molar-refractivity contribution in [3.8, 4) is 0 Å². The molecule has 0 radical (unpaired) electrons. The molecular weight excluding hydrogens is 256 g/mol. The second-order valence-electron chi connectivity index (χ2n) is 5.95. The van der Waals surface area contributed by atoms with Gasteiger partial charge in [0.05, 0.1) is 6.54 Å². The van der Waals surface area contributed by atoms with E-state index >= 15 is 0 Å². The molecule has 1 aromatic heterocycles. The maximum absolute atomic E-state index is 12.1. The van der Waals surface area contributed by atoms with Gasteiger partial charge in [-0.15, -0.1) is 11.3 Å². The largest absolute Gasteiger partial charge is 0.321 e. The number of nitrogens with one attached hydrogen (secondary N) is 1. The van der Waals surface area contributed by atoms with E-state index in [1.807, 2.05) is 0 Å². The summed E-state index contributed by atoms with van der Waals surface area (Å²) >= 11 is 1.79. The minimum absolute atomic E-state index is 0.110. The Balaban J connectivity index is 1.75. The first-order chi connectivity index (χ1) is 9.15. The molecule has 1 saturated carbocycles. The molecule has 3 atom stereocenters. The number of thiophene rings is 1. The van der Waals surface area contributed by atoms with Crippen LogP contribution in [0.4, 0.5) is 0 Å². The molecule has 0 aromatic carbocycles. The average molecular weight is 278 g/mol. The maximum Gasteiger partial charge on any atom is 0.238 e. The van der Waals surface area contributed by atoms with E-state index in [0.29, 0.717) is 12.5 Å². The lowest BCUT2D eigenvalue weighted by molar-refractivity contribution is -0.128.